The first kappa shape index (κ1) is 25.5. The summed E-state index contributed by atoms with van der Waals surface area (Å²) >= 11 is 0. The van der Waals surface area contributed by atoms with Gasteiger partial charge in [0, 0.05) is 36.7 Å². The van der Waals surface area contributed by atoms with Gasteiger partial charge in [-0.3, -0.25) is 4.90 Å². The highest BCUT2D eigenvalue weighted by Gasteiger charge is 2.41. The minimum atomic E-state index is -4.91. The summed E-state index contributed by atoms with van der Waals surface area (Å²) in [5, 5.41) is 5.31. The van der Waals surface area contributed by atoms with E-state index >= 15 is 0 Å². The van der Waals surface area contributed by atoms with Crippen LogP contribution in [0.1, 0.15) is 54.5 Å². The number of nitrogens with two attached hydrogens (primary N) is 2. The quantitative estimate of drug-likeness (QED) is 0.348. The molecule has 2 atom stereocenters. The average molecular weight is 526 g/mol. The number of rotatable bonds is 5. The van der Waals surface area contributed by atoms with Crippen LogP contribution in [0.15, 0.2) is 41.3 Å². The van der Waals surface area contributed by atoms with E-state index in [2.05, 4.69) is 26.8 Å². The molecule has 8 N–H and O–H groups in total. The zero-order valence-corrected chi connectivity index (χ0v) is 20.3. The number of primary sulfonamides is 1. The van der Waals surface area contributed by atoms with Crippen molar-refractivity contribution in [1.82, 2.24) is 26.8 Å². The fourth-order valence-corrected chi connectivity index (χ4v) is 6.58. The van der Waals surface area contributed by atoms with E-state index in [9.17, 15) is 21.6 Å². The summed E-state index contributed by atoms with van der Waals surface area (Å²) in [4.78, 5) is 1.51. The van der Waals surface area contributed by atoms with Crippen molar-refractivity contribution in [2.45, 2.75) is 60.9 Å². The first-order valence-electron chi connectivity index (χ1n) is 11.9. The Labute approximate surface area is 207 Å². The lowest BCUT2D eigenvalue weighted by molar-refractivity contribution is -0.140. The van der Waals surface area contributed by atoms with Gasteiger partial charge in [-0.15, -0.1) is 0 Å². The lowest BCUT2D eigenvalue weighted by Gasteiger charge is -2.47. The molecule has 3 fully saturated rings. The highest BCUT2D eigenvalue weighted by Crippen LogP contribution is 2.42. The number of nitrogens with one attached hydrogen (secondary N) is 4. The second kappa shape index (κ2) is 9.65. The van der Waals surface area contributed by atoms with Gasteiger partial charge in [-0.2, -0.15) is 24.2 Å². The zero-order valence-electron chi connectivity index (χ0n) is 19.5. The summed E-state index contributed by atoms with van der Waals surface area (Å²) in [7, 11) is -4.72. The van der Waals surface area contributed by atoms with E-state index in [0.29, 0.717) is 23.1 Å². The standard InChI is InChI=1S/C23H30F3N7O2S/c24-23(25,26)19-9-8-18(20(21(19)36(28,34)35)22-29-31-32-30-22)14-6-4-13(5-7-14)15-11-33(12-15)17-3-1-2-16(27)10-17/h4-9,15-17,22,29-32H,1-3,10-12,27H2,(H2,28,34,35). The molecule has 1 aliphatic carbocycles. The van der Waals surface area contributed by atoms with Gasteiger partial charge in [0.1, 0.15) is 11.1 Å². The number of sulfonamides is 1. The summed E-state index contributed by atoms with van der Waals surface area (Å²) in [6.45, 7) is 1.90. The number of halogens is 3. The van der Waals surface area contributed by atoms with Crippen LogP contribution in [0.4, 0.5) is 13.2 Å². The van der Waals surface area contributed by atoms with Crippen LogP contribution in [0.2, 0.25) is 0 Å². The number of hydrazine groups is 3. The number of hydrogen-bond acceptors (Lipinski definition) is 8. The van der Waals surface area contributed by atoms with E-state index in [-0.39, 0.29) is 11.6 Å². The number of benzene rings is 2. The highest BCUT2D eigenvalue weighted by atomic mass is 32.2. The van der Waals surface area contributed by atoms with Crippen LogP contribution in [0.5, 0.6) is 0 Å². The normalized spacial score (nSPS) is 24.7. The number of hydrogen-bond donors (Lipinski definition) is 6. The Morgan fingerprint density at radius 2 is 1.64 bits per heavy atom. The van der Waals surface area contributed by atoms with E-state index in [1.54, 1.807) is 0 Å². The second-order valence-electron chi connectivity index (χ2n) is 9.77. The van der Waals surface area contributed by atoms with Crippen LogP contribution < -0.4 is 32.8 Å². The van der Waals surface area contributed by atoms with Crippen LogP contribution in [0, 0.1) is 0 Å². The van der Waals surface area contributed by atoms with E-state index in [1.165, 1.54) is 12.5 Å². The van der Waals surface area contributed by atoms with E-state index in [0.717, 1.165) is 44.0 Å². The summed E-state index contributed by atoms with van der Waals surface area (Å²) in [5.74, 6) is 0.371. The fourth-order valence-electron chi connectivity index (χ4n) is 5.55. The largest absolute Gasteiger partial charge is 0.417 e. The van der Waals surface area contributed by atoms with Gasteiger partial charge < -0.3 is 5.73 Å². The molecule has 2 saturated heterocycles. The third-order valence-corrected chi connectivity index (χ3v) is 8.39. The van der Waals surface area contributed by atoms with Gasteiger partial charge in [-0.1, -0.05) is 36.8 Å². The molecule has 1 saturated carbocycles. The highest BCUT2D eigenvalue weighted by molar-refractivity contribution is 7.89. The molecule has 2 heterocycles. The van der Waals surface area contributed by atoms with Crippen molar-refractivity contribution < 1.29 is 21.6 Å². The van der Waals surface area contributed by atoms with Crippen molar-refractivity contribution in [3.8, 4) is 11.1 Å². The van der Waals surface area contributed by atoms with E-state index in [1.807, 2.05) is 24.3 Å². The summed E-state index contributed by atoms with van der Waals surface area (Å²) in [5.41, 5.74) is 17.1. The van der Waals surface area contributed by atoms with Crippen molar-refractivity contribution in [2.24, 2.45) is 10.9 Å². The smallest absolute Gasteiger partial charge is 0.328 e. The maximum Gasteiger partial charge on any atom is 0.417 e. The molecule has 196 valence electrons. The lowest BCUT2D eigenvalue weighted by atomic mass is 9.84. The maximum atomic E-state index is 13.8. The number of alkyl halides is 3. The molecule has 13 heteroatoms. The predicted molar refractivity (Wildman–Crippen MR) is 128 cm³/mol. The maximum absolute atomic E-state index is 13.8. The SMILES string of the molecule is NC1CCCC(N2CC(c3ccc(-c4ccc(C(F)(F)F)c(S(N)(=O)=O)c4C4NNNN4)cc3)C2)C1. The Morgan fingerprint density at radius 3 is 2.22 bits per heavy atom. The number of likely N-dealkylation sites (tertiary alicyclic amines) is 1. The monoisotopic (exact) mass is 525 g/mol. The van der Waals surface area contributed by atoms with Crippen molar-refractivity contribution in [3.05, 3.63) is 53.1 Å². The molecule has 3 aliphatic rings. The average Bonchev–Trinajstić information content (AvgIpc) is 3.31. The first-order valence-corrected chi connectivity index (χ1v) is 13.4. The molecule has 0 bridgehead atoms. The molecule has 0 spiro atoms. The van der Waals surface area contributed by atoms with Crippen molar-refractivity contribution in [3.63, 3.8) is 0 Å². The molecule has 0 aromatic heterocycles. The molecule has 2 aromatic rings. The minimum Gasteiger partial charge on any atom is -0.328 e. The molecule has 5 rings (SSSR count). The minimum absolute atomic E-state index is 0.124. The van der Waals surface area contributed by atoms with Crippen LogP contribution in [-0.2, 0) is 16.2 Å². The molecule has 36 heavy (non-hydrogen) atoms. The Hall–Kier alpha value is -2.10. The van der Waals surface area contributed by atoms with Gasteiger partial charge in [-0.05, 0) is 42.0 Å². The van der Waals surface area contributed by atoms with Crippen molar-refractivity contribution in [1.29, 1.82) is 0 Å². The molecule has 0 amide bonds. The Morgan fingerprint density at radius 1 is 0.972 bits per heavy atom. The van der Waals surface area contributed by atoms with Gasteiger partial charge in [0.25, 0.3) is 0 Å². The van der Waals surface area contributed by atoms with Gasteiger partial charge in [-0.25, -0.2) is 24.4 Å². The first-order chi connectivity index (χ1) is 17.0. The fraction of sp³-hybridized carbons (Fsp3) is 0.478. The van der Waals surface area contributed by atoms with Crippen LogP contribution in [0.3, 0.4) is 0 Å². The zero-order chi connectivity index (χ0) is 25.7. The third-order valence-electron chi connectivity index (χ3n) is 7.38. The molecule has 0 radical (unpaired) electrons. The second-order valence-corrected chi connectivity index (χ2v) is 11.3. The Kier molecular flexibility index (Phi) is 6.85. The summed E-state index contributed by atoms with van der Waals surface area (Å²) in [6.07, 6.45) is -1.44. The topological polar surface area (TPSA) is 138 Å². The third kappa shape index (κ3) is 5.02. The van der Waals surface area contributed by atoms with Gasteiger partial charge in [0.2, 0.25) is 10.0 Å². The molecule has 9 nitrogen and oxygen atoms in total. The molecule has 2 unspecified atom stereocenters. The summed E-state index contributed by atoms with van der Waals surface area (Å²) < 4.78 is 66.1. The lowest BCUT2D eigenvalue weighted by Crippen LogP contribution is -2.53. The number of nitrogens with zero attached hydrogens (tertiary/aromatic N) is 1. The van der Waals surface area contributed by atoms with E-state index < -0.39 is 32.8 Å². The van der Waals surface area contributed by atoms with E-state index in [4.69, 9.17) is 10.9 Å². The Bertz CT molecular complexity index is 1210. The van der Waals surface area contributed by atoms with Gasteiger partial charge in [0.15, 0.2) is 0 Å². The molecular formula is C23H30F3N7O2S. The summed E-state index contributed by atoms with van der Waals surface area (Å²) in [6, 6.07) is 10.4. The molecule has 2 aromatic carbocycles. The predicted octanol–water partition coefficient (Wildman–Crippen LogP) is 1.80. The van der Waals surface area contributed by atoms with Crippen molar-refractivity contribution >= 4 is 10.0 Å². The molecule has 2 aliphatic heterocycles. The van der Waals surface area contributed by atoms with Gasteiger partial charge >= 0.3 is 6.18 Å². The van der Waals surface area contributed by atoms with Crippen LogP contribution in [0.25, 0.3) is 11.1 Å². The van der Waals surface area contributed by atoms with Crippen molar-refractivity contribution in [2.75, 3.05) is 13.1 Å². The van der Waals surface area contributed by atoms with Gasteiger partial charge in [0.05, 0.1) is 5.56 Å². The van der Waals surface area contributed by atoms with Crippen LogP contribution >= 0.6 is 0 Å². The van der Waals surface area contributed by atoms with Crippen LogP contribution in [-0.4, -0.2) is 38.5 Å². The molecular weight excluding hydrogens is 495 g/mol. The Balaban J connectivity index is 1.44.